The Hall–Kier alpha value is -2.54. The zero-order valence-corrected chi connectivity index (χ0v) is 10.7. The number of benzene rings is 2. The molecule has 0 bridgehead atoms. The smallest absolute Gasteiger partial charge is 0.410 e. The molecule has 1 amide bonds. The first-order valence-corrected chi connectivity index (χ1v) is 6.00. The topological polar surface area (TPSA) is 53.3 Å². The SMILES string of the molecule is CN(CCC#N)C(=O)Oc1cccc2ccccc12. The van der Waals surface area contributed by atoms with Gasteiger partial charge in [0.2, 0.25) is 0 Å². The van der Waals surface area contributed by atoms with Gasteiger partial charge in [-0.1, -0.05) is 36.4 Å². The summed E-state index contributed by atoms with van der Waals surface area (Å²) in [5.74, 6) is 0.534. The van der Waals surface area contributed by atoms with Crippen molar-refractivity contribution >= 4 is 16.9 Å². The Labute approximate surface area is 111 Å². The van der Waals surface area contributed by atoms with E-state index in [9.17, 15) is 4.79 Å². The number of nitriles is 1. The summed E-state index contributed by atoms with van der Waals surface area (Å²) in [6, 6.07) is 15.3. The van der Waals surface area contributed by atoms with Crippen LogP contribution in [-0.4, -0.2) is 24.6 Å². The van der Waals surface area contributed by atoms with E-state index >= 15 is 0 Å². The minimum Gasteiger partial charge on any atom is -0.410 e. The molecule has 0 atom stereocenters. The van der Waals surface area contributed by atoms with Gasteiger partial charge in [0.1, 0.15) is 5.75 Å². The number of nitrogens with zero attached hydrogens (tertiary/aromatic N) is 2. The molecule has 0 saturated heterocycles. The minimum absolute atomic E-state index is 0.293. The van der Waals surface area contributed by atoms with Crippen molar-refractivity contribution in [2.45, 2.75) is 6.42 Å². The molecule has 0 aliphatic rings. The highest BCUT2D eigenvalue weighted by Crippen LogP contribution is 2.25. The van der Waals surface area contributed by atoms with Gasteiger partial charge in [-0.3, -0.25) is 0 Å². The van der Waals surface area contributed by atoms with Crippen LogP contribution in [0.4, 0.5) is 4.79 Å². The average Bonchev–Trinajstić information content (AvgIpc) is 2.45. The van der Waals surface area contributed by atoms with E-state index in [4.69, 9.17) is 10.00 Å². The Bertz CT molecular complexity index is 626. The number of carbonyl (C=O) groups excluding carboxylic acids is 1. The Morgan fingerprint density at radius 1 is 1.26 bits per heavy atom. The van der Waals surface area contributed by atoms with E-state index in [1.165, 1.54) is 4.90 Å². The monoisotopic (exact) mass is 254 g/mol. The van der Waals surface area contributed by atoms with Crippen LogP contribution in [0.25, 0.3) is 10.8 Å². The second-order valence-electron chi connectivity index (χ2n) is 4.17. The largest absolute Gasteiger partial charge is 0.415 e. The molecule has 0 radical (unpaired) electrons. The average molecular weight is 254 g/mol. The maximum Gasteiger partial charge on any atom is 0.415 e. The van der Waals surface area contributed by atoms with Gasteiger partial charge in [0.25, 0.3) is 0 Å². The van der Waals surface area contributed by atoms with Crippen molar-refractivity contribution in [2.75, 3.05) is 13.6 Å². The van der Waals surface area contributed by atoms with Crippen molar-refractivity contribution in [3.8, 4) is 11.8 Å². The molecular weight excluding hydrogens is 240 g/mol. The lowest BCUT2D eigenvalue weighted by Gasteiger charge is -2.15. The van der Waals surface area contributed by atoms with Crippen molar-refractivity contribution in [1.82, 2.24) is 4.90 Å². The lowest BCUT2D eigenvalue weighted by Crippen LogP contribution is -2.30. The van der Waals surface area contributed by atoms with Crippen LogP contribution in [0.15, 0.2) is 42.5 Å². The van der Waals surface area contributed by atoms with Gasteiger partial charge in [-0.15, -0.1) is 0 Å². The second-order valence-corrected chi connectivity index (χ2v) is 4.17. The van der Waals surface area contributed by atoms with Gasteiger partial charge in [-0.2, -0.15) is 5.26 Å². The summed E-state index contributed by atoms with van der Waals surface area (Å²) in [4.78, 5) is 13.3. The third kappa shape index (κ3) is 3.02. The van der Waals surface area contributed by atoms with Crippen LogP contribution in [0.3, 0.4) is 0 Å². The molecule has 0 N–H and O–H groups in total. The summed E-state index contributed by atoms with van der Waals surface area (Å²) in [6.45, 7) is 0.361. The van der Waals surface area contributed by atoms with E-state index in [-0.39, 0.29) is 0 Å². The third-order valence-corrected chi connectivity index (χ3v) is 2.82. The van der Waals surface area contributed by atoms with Gasteiger partial charge in [0.05, 0.1) is 12.5 Å². The summed E-state index contributed by atoms with van der Waals surface area (Å²) in [6.07, 6.45) is -0.159. The number of rotatable bonds is 3. The Balaban J connectivity index is 2.18. The summed E-state index contributed by atoms with van der Waals surface area (Å²) in [7, 11) is 1.62. The first kappa shape index (κ1) is 12.9. The molecule has 0 fully saturated rings. The van der Waals surface area contributed by atoms with Crippen LogP contribution in [0.5, 0.6) is 5.75 Å². The third-order valence-electron chi connectivity index (χ3n) is 2.82. The van der Waals surface area contributed by atoms with Gasteiger partial charge >= 0.3 is 6.09 Å². The molecule has 96 valence electrons. The molecule has 2 aromatic carbocycles. The predicted molar refractivity (Wildman–Crippen MR) is 72.8 cm³/mol. The second kappa shape index (κ2) is 5.87. The van der Waals surface area contributed by atoms with E-state index < -0.39 is 6.09 Å². The zero-order valence-electron chi connectivity index (χ0n) is 10.7. The van der Waals surface area contributed by atoms with Crippen LogP contribution in [0.1, 0.15) is 6.42 Å². The van der Waals surface area contributed by atoms with Crippen molar-refractivity contribution < 1.29 is 9.53 Å². The quantitative estimate of drug-likeness (QED) is 0.845. The first-order chi connectivity index (χ1) is 9.22. The molecule has 19 heavy (non-hydrogen) atoms. The van der Waals surface area contributed by atoms with E-state index in [0.29, 0.717) is 18.7 Å². The fourth-order valence-corrected chi connectivity index (χ4v) is 1.77. The predicted octanol–water partition coefficient (Wildman–Crippen LogP) is 3.18. The van der Waals surface area contributed by atoms with Gasteiger partial charge in [-0.25, -0.2) is 4.79 Å². The standard InChI is InChI=1S/C15H14N2O2/c1-17(11-5-10-16)15(18)19-14-9-4-7-12-6-2-3-8-13(12)14/h2-4,6-9H,5,11H2,1H3. The maximum atomic E-state index is 11.9. The van der Waals surface area contributed by atoms with Crippen LogP contribution in [-0.2, 0) is 0 Å². The van der Waals surface area contributed by atoms with Gasteiger partial charge < -0.3 is 9.64 Å². The molecule has 0 aromatic heterocycles. The number of carbonyl (C=O) groups is 1. The van der Waals surface area contributed by atoms with Crippen molar-refractivity contribution in [1.29, 1.82) is 5.26 Å². The number of amides is 1. The van der Waals surface area contributed by atoms with Gasteiger partial charge in [0, 0.05) is 19.0 Å². The lowest BCUT2D eigenvalue weighted by atomic mass is 10.1. The van der Waals surface area contributed by atoms with Crippen LogP contribution >= 0.6 is 0 Å². The van der Waals surface area contributed by atoms with E-state index in [2.05, 4.69) is 0 Å². The molecule has 2 rings (SSSR count). The van der Waals surface area contributed by atoms with Crippen LogP contribution in [0.2, 0.25) is 0 Å². The van der Waals surface area contributed by atoms with Crippen molar-refractivity contribution in [3.05, 3.63) is 42.5 Å². The van der Waals surface area contributed by atoms with Crippen LogP contribution < -0.4 is 4.74 Å². The van der Waals surface area contributed by atoms with Crippen LogP contribution in [0, 0.1) is 11.3 Å². The zero-order chi connectivity index (χ0) is 13.7. The Kier molecular flexibility index (Phi) is 3.99. The molecule has 0 saturated carbocycles. The molecular formula is C15H14N2O2. The fraction of sp³-hybridized carbons (Fsp3) is 0.200. The summed E-state index contributed by atoms with van der Waals surface area (Å²) in [5, 5.41) is 10.4. The normalized spacial score (nSPS) is 9.89. The highest BCUT2D eigenvalue weighted by Gasteiger charge is 2.12. The highest BCUT2D eigenvalue weighted by atomic mass is 16.6. The molecule has 0 aliphatic heterocycles. The molecule has 4 heteroatoms. The molecule has 0 aliphatic carbocycles. The van der Waals surface area contributed by atoms with Crippen molar-refractivity contribution in [3.63, 3.8) is 0 Å². The Morgan fingerprint density at radius 2 is 2.00 bits per heavy atom. The number of fused-ring (bicyclic) bond motifs is 1. The first-order valence-electron chi connectivity index (χ1n) is 6.00. The minimum atomic E-state index is -0.452. The summed E-state index contributed by atoms with van der Waals surface area (Å²) < 4.78 is 5.36. The molecule has 0 spiro atoms. The Morgan fingerprint density at radius 3 is 2.79 bits per heavy atom. The van der Waals surface area contributed by atoms with Gasteiger partial charge in [0.15, 0.2) is 0 Å². The van der Waals surface area contributed by atoms with E-state index in [1.807, 2.05) is 42.5 Å². The lowest BCUT2D eigenvalue weighted by molar-refractivity contribution is 0.164. The van der Waals surface area contributed by atoms with Crippen molar-refractivity contribution in [2.24, 2.45) is 0 Å². The summed E-state index contributed by atoms with van der Waals surface area (Å²) in [5.41, 5.74) is 0. The van der Waals surface area contributed by atoms with Gasteiger partial charge in [-0.05, 0) is 11.5 Å². The molecule has 4 nitrogen and oxygen atoms in total. The summed E-state index contributed by atoms with van der Waals surface area (Å²) >= 11 is 0. The molecule has 0 unspecified atom stereocenters. The van der Waals surface area contributed by atoms with E-state index in [0.717, 1.165) is 10.8 Å². The fourth-order valence-electron chi connectivity index (χ4n) is 1.77. The number of hydrogen-bond donors (Lipinski definition) is 0. The number of ether oxygens (including phenoxy) is 1. The maximum absolute atomic E-state index is 11.9. The molecule has 0 heterocycles. The molecule has 2 aromatic rings. The number of hydrogen-bond acceptors (Lipinski definition) is 3. The highest BCUT2D eigenvalue weighted by molar-refractivity contribution is 5.90. The van der Waals surface area contributed by atoms with E-state index in [1.54, 1.807) is 13.1 Å².